The summed E-state index contributed by atoms with van der Waals surface area (Å²) < 4.78 is 16.8. The van der Waals surface area contributed by atoms with Gasteiger partial charge in [-0.1, -0.05) is 259 Å². The lowest BCUT2D eigenvalue weighted by atomic mass is 10.0. The summed E-state index contributed by atoms with van der Waals surface area (Å²) in [5.41, 5.74) is 0. The van der Waals surface area contributed by atoms with Gasteiger partial charge in [0.05, 0.1) is 0 Å². The Morgan fingerprint density at radius 2 is 0.550 bits per heavy atom. The van der Waals surface area contributed by atoms with Crippen LogP contribution in [0.5, 0.6) is 0 Å². The largest absolute Gasteiger partial charge is 0.462 e. The summed E-state index contributed by atoms with van der Waals surface area (Å²) in [7, 11) is 0. The van der Waals surface area contributed by atoms with Gasteiger partial charge < -0.3 is 14.2 Å². The Kier molecular flexibility index (Phi) is 45.7. The van der Waals surface area contributed by atoms with Crippen molar-refractivity contribution >= 4 is 17.9 Å². The van der Waals surface area contributed by atoms with Crippen molar-refractivity contribution in [3.8, 4) is 0 Å². The van der Waals surface area contributed by atoms with Gasteiger partial charge in [-0.25, -0.2) is 0 Å². The van der Waals surface area contributed by atoms with E-state index in [0.29, 0.717) is 19.3 Å². The molecule has 0 heterocycles. The van der Waals surface area contributed by atoms with Gasteiger partial charge in [0.1, 0.15) is 13.2 Å². The average molecular weight is 849 g/mol. The highest BCUT2D eigenvalue weighted by atomic mass is 16.6. The van der Waals surface area contributed by atoms with E-state index in [0.717, 1.165) is 69.6 Å². The Hall–Kier alpha value is -1.59. The summed E-state index contributed by atoms with van der Waals surface area (Å²) in [5.74, 6) is 0.820. The maximum Gasteiger partial charge on any atom is 0.306 e. The highest BCUT2D eigenvalue weighted by Crippen LogP contribution is 2.17. The highest BCUT2D eigenvalue weighted by molar-refractivity contribution is 5.71. The van der Waals surface area contributed by atoms with Crippen molar-refractivity contribution in [2.45, 2.75) is 304 Å². The quantitative estimate of drug-likeness (QED) is 0.0345. The van der Waals surface area contributed by atoms with Crippen LogP contribution < -0.4 is 0 Å². The minimum absolute atomic E-state index is 0.0633. The number of unbranched alkanes of at least 4 members (excludes halogenated alkanes) is 33. The molecule has 60 heavy (non-hydrogen) atoms. The molecule has 0 N–H and O–H groups in total. The molecule has 0 unspecified atom stereocenters. The number of ether oxygens (including phenoxy) is 3. The molecule has 0 spiro atoms. The van der Waals surface area contributed by atoms with Gasteiger partial charge in [-0.05, 0) is 31.1 Å². The van der Waals surface area contributed by atoms with Gasteiger partial charge in [0.25, 0.3) is 0 Å². The Bertz CT molecular complexity index is 916. The molecule has 1 atom stereocenters. The molecular weight excluding hydrogens is 745 g/mol. The molecule has 0 aromatic heterocycles. The van der Waals surface area contributed by atoms with E-state index in [9.17, 15) is 14.4 Å². The number of rotatable bonds is 48. The van der Waals surface area contributed by atoms with E-state index in [1.54, 1.807) is 0 Å². The molecule has 0 amide bonds. The third-order valence-electron chi connectivity index (χ3n) is 12.2. The van der Waals surface area contributed by atoms with E-state index in [2.05, 4.69) is 34.6 Å². The van der Waals surface area contributed by atoms with Gasteiger partial charge in [0.15, 0.2) is 6.10 Å². The lowest BCUT2D eigenvalue weighted by Crippen LogP contribution is -2.30. The zero-order valence-corrected chi connectivity index (χ0v) is 41.1. The van der Waals surface area contributed by atoms with Crippen molar-refractivity contribution < 1.29 is 28.6 Å². The fourth-order valence-corrected chi connectivity index (χ4v) is 8.17. The van der Waals surface area contributed by atoms with Gasteiger partial charge in [0, 0.05) is 19.3 Å². The Labute approximate surface area is 374 Å². The molecular formula is C54H104O6. The van der Waals surface area contributed by atoms with E-state index in [1.165, 1.54) is 186 Å². The number of carbonyl (C=O) groups excluding carboxylic acids is 3. The minimum atomic E-state index is -0.761. The molecule has 0 saturated carbocycles. The first-order valence-electron chi connectivity index (χ1n) is 26.7. The molecule has 0 aliphatic rings. The Balaban J connectivity index is 4.31. The van der Waals surface area contributed by atoms with Crippen LogP contribution in [0.4, 0.5) is 0 Å². The summed E-state index contributed by atoms with van der Waals surface area (Å²) in [4.78, 5) is 38.0. The van der Waals surface area contributed by atoms with Crippen LogP contribution in [-0.4, -0.2) is 37.2 Å². The predicted molar refractivity (Wildman–Crippen MR) is 256 cm³/mol. The highest BCUT2D eigenvalue weighted by Gasteiger charge is 2.19. The van der Waals surface area contributed by atoms with Crippen LogP contribution in [0, 0.1) is 11.8 Å². The predicted octanol–water partition coefficient (Wildman–Crippen LogP) is 17.3. The van der Waals surface area contributed by atoms with Crippen LogP contribution in [0.3, 0.4) is 0 Å². The van der Waals surface area contributed by atoms with Gasteiger partial charge in [0.2, 0.25) is 0 Å². The molecule has 356 valence electrons. The maximum absolute atomic E-state index is 12.8. The van der Waals surface area contributed by atoms with Crippen molar-refractivity contribution in [3.63, 3.8) is 0 Å². The first kappa shape index (κ1) is 58.4. The second-order valence-electron chi connectivity index (χ2n) is 19.5. The van der Waals surface area contributed by atoms with Gasteiger partial charge in [-0.3, -0.25) is 14.4 Å². The molecule has 0 aliphatic carbocycles. The van der Waals surface area contributed by atoms with Crippen LogP contribution in [0.1, 0.15) is 298 Å². The van der Waals surface area contributed by atoms with E-state index in [4.69, 9.17) is 14.2 Å². The Morgan fingerprint density at radius 1 is 0.317 bits per heavy atom. The van der Waals surface area contributed by atoms with Crippen LogP contribution in [-0.2, 0) is 28.6 Å². The second kappa shape index (κ2) is 46.9. The normalized spacial score (nSPS) is 12.1. The van der Waals surface area contributed by atoms with Crippen LogP contribution >= 0.6 is 0 Å². The second-order valence-corrected chi connectivity index (χ2v) is 19.5. The van der Waals surface area contributed by atoms with Crippen LogP contribution in [0.15, 0.2) is 0 Å². The molecule has 0 saturated heterocycles. The van der Waals surface area contributed by atoms with Crippen molar-refractivity contribution in [1.82, 2.24) is 0 Å². The van der Waals surface area contributed by atoms with Crippen LogP contribution in [0.25, 0.3) is 0 Å². The summed E-state index contributed by atoms with van der Waals surface area (Å²) >= 11 is 0. The first-order valence-corrected chi connectivity index (χ1v) is 26.7. The van der Waals surface area contributed by atoms with Crippen LogP contribution in [0.2, 0.25) is 0 Å². The average Bonchev–Trinajstić information content (AvgIpc) is 3.22. The van der Waals surface area contributed by atoms with Crippen molar-refractivity contribution in [2.24, 2.45) is 11.8 Å². The minimum Gasteiger partial charge on any atom is -0.462 e. The lowest BCUT2D eigenvalue weighted by Gasteiger charge is -2.18. The fraction of sp³-hybridized carbons (Fsp3) is 0.944. The molecule has 6 nitrogen and oxygen atoms in total. The molecule has 0 aromatic rings. The molecule has 0 rings (SSSR count). The summed E-state index contributed by atoms with van der Waals surface area (Å²) in [6, 6.07) is 0. The van der Waals surface area contributed by atoms with Gasteiger partial charge in [-0.15, -0.1) is 0 Å². The molecule has 6 heteroatoms. The number of hydrogen-bond donors (Lipinski definition) is 0. The molecule has 0 aromatic carbocycles. The third kappa shape index (κ3) is 47.5. The lowest BCUT2D eigenvalue weighted by molar-refractivity contribution is -0.167. The molecule has 0 fully saturated rings. The van der Waals surface area contributed by atoms with E-state index < -0.39 is 6.10 Å². The monoisotopic (exact) mass is 849 g/mol. The number of esters is 3. The zero-order chi connectivity index (χ0) is 44.0. The van der Waals surface area contributed by atoms with Gasteiger partial charge in [-0.2, -0.15) is 0 Å². The zero-order valence-electron chi connectivity index (χ0n) is 41.1. The number of carbonyl (C=O) groups is 3. The Morgan fingerprint density at radius 3 is 0.817 bits per heavy atom. The van der Waals surface area contributed by atoms with Gasteiger partial charge >= 0.3 is 17.9 Å². The maximum atomic E-state index is 12.8. The van der Waals surface area contributed by atoms with Crippen molar-refractivity contribution in [1.29, 1.82) is 0 Å². The van der Waals surface area contributed by atoms with Crippen molar-refractivity contribution in [2.75, 3.05) is 13.2 Å². The van der Waals surface area contributed by atoms with Crippen molar-refractivity contribution in [3.05, 3.63) is 0 Å². The fourth-order valence-electron chi connectivity index (χ4n) is 8.17. The summed E-state index contributed by atoms with van der Waals surface area (Å²) in [6.07, 6.45) is 48.0. The SMILES string of the molecule is CCCCCCCCCCCCCCC(=O)OC[C@H](COC(=O)CCCCCCCCCCCCCC(C)C)OC(=O)CCCCCCCCCCCCCCCC(C)C. The number of hydrogen-bond acceptors (Lipinski definition) is 6. The van der Waals surface area contributed by atoms with E-state index in [1.807, 2.05) is 0 Å². The molecule has 0 radical (unpaired) electrons. The molecule has 0 aliphatic heterocycles. The summed E-state index contributed by atoms with van der Waals surface area (Å²) in [5, 5.41) is 0. The first-order chi connectivity index (χ1) is 29.2. The van der Waals surface area contributed by atoms with E-state index in [-0.39, 0.29) is 31.1 Å². The molecule has 0 bridgehead atoms. The topological polar surface area (TPSA) is 78.9 Å². The summed E-state index contributed by atoms with van der Waals surface area (Å²) in [6.45, 7) is 11.4. The third-order valence-corrected chi connectivity index (χ3v) is 12.2. The van der Waals surface area contributed by atoms with E-state index >= 15 is 0 Å². The standard InChI is InChI=1S/C54H104O6/c1-6-7-8-9-10-11-12-19-24-29-34-39-44-52(55)58-47-51(48-59-53(56)45-40-35-30-25-21-16-18-23-28-33-38-43-50(4)5)60-54(57)46-41-36-31-26-20-15-13-14-17-22-27-32-37-42-49(2)3/h49-51H,6-48H2,1-5H3/t51-/m1/s1. The smallest absolute Gasteiger partial charge is 0.306 e.